The molecule has 1 aliphatic rings. The van der Waals surface area contributed by atoms with Gasteiger partial charge in [-0.3, -0.25) is 0 Å². The lowest BCUT2D eigenvalue weighted by molar-refractivity contribution is -0.138. The van der Waals surface area contributed by atoms with Gasteiger partial charge in [0.2, 0.25) is 0 Å². The molecule has 24 heavy (non-hydrogen) atoms. The van der Waals surface area contributed by atoms with E-state index in [1.54, 1.807) is 24.8 Å². The second kappa shape index (κ2) is 7.42. The van der Waals surface area contributed by atoms with E-state index in [-0.39, 0.29) is 24.2 Å². The van der Waals surface area contributed by atoms with Gasteiger partial charge in [-0.25, -0.2) is 4.79 Å². The molecule has 2 N–H and O–H groups in total. The summed E-state index contributed by atoms with van der Waals surface area (Å²) in [4.78, 5) is 13.9. The number of alkyl halides is 3. The van der Waals surface area contributed by atoms with Gasteiger partial charge < -0.3 is 15.3 Å². The van der Waals surface area contributed by atoms with Crippen molar-refractivity contribution in [2.75, 3.05) is 13.2 Å². The molecule has 1 aromatic rings. The highest BCUT2D eigenvalue weighted by atomic mass is 19.4. The number of hydrogen-bond donors (Lipinski definition) is 2. The summed E-state index contributed by atoms with van der Waals surface area (Å²) in [6.45, 7) is 3.81. The van der Waals surface area contributed by atoms with Gasteiger partial charge in [-0.2, -0.15) is 13.2 Å². The van der Waals surface area contributed by atoms with Crippen LogP contribution in [0.15, 0.2) is 24.3 Å². The van der Waals surface area contributed by atoms with E-state index in [1.165, 1.54) is 12.1 Å². The van der Waals surface area contributed by atoms with Crippen molar-refractivity contribution in [2.24, 2.45) is 0 Å². The SMILES string of the molecule is CC(NC(=O)N1CCCC1CO)C(C)c1ccccc1C(F)(F)F. The van der Waals surface area contributed by atoms with Crippen LogP contribution >= 0.6 is 0 Å². The Kier molecular flexibility index (Phi) is 5.74. The molecule has 0 bridgehead atoms. The molecule has 134 valence electrons. The lowest BCUT2D eigenvalue weighted by Gasteiger charge is -2.29. The smallest absolute Gasteiger partial charge is 0.394 e. The molecule has 0 saturated carbocycles. The molecule has 4 nitrogen and oxygen atoms in total. The Morgan fingerprint density at radius 1 is 1.38 bits per heavy atom. The van der Waals surface area contributed by atoms with E-state index >= 15 is 0 Å². The first kappa shape index (κ1) is 18.6. The minimum Gasteiger partial charge on any atom is -0.394 e. The molecular weight excluding hydrogens is 321 g/mol. The van der Waals surface area contributed by atoms with Crippen molar-refractivity contribution < 1.29 is 23.1 Å². The maximum absolute atomic E-state index is 13.2. The predicted molar refractivity (Wildman–Crippen MR) is 84.7 cm³/mol. The first-order valence-electron chi connectivity index (χ1n) is 8.09. The number of rotatable bonds is 4. The summed E-state index contributed by atoms with van der Waals surface area (Å²) in [5, 5.41) is 12.1. The standard InChI is InChI=1S/C17H23F3N2O2/c1-11(14-7-3-4-8-15(14)17(18,19)20)12(2)21-16(24)22-9-5-6-13(22)10-23/h3-4,7-8,11-13,23H,5-6,9-10H2,1-2H3,(H,21,24). The van der Waals surface area contributed by atoms with Crippen LogP contribution in [-0.2, 0) is 6.18 Å². The molecule has 0 aliphatic carbocycles. The lowest BCUT2D eigenvalue weighted by Crippen LogP contribution is -2.48. The van der Waals surface area contributed by atoms with Crippen LogP contribution in [-0.4, -0.2) is 41.3 Å². The fourth-order valence-corrected chi connectivity index (χ4v) is 3.12. The fraction of sp³-hybridized carbons (Fsp3) is 0.588. The number of carbonyl (C=O) groups is 1. The van der Waals surface area contributed by atoms with Crippen LogP contribution in [0.1, 0.15) is 43.7 Å². The summed E-state index contributed by atoms with van der Waals surface area (Å²) in [5.74, 6) is -0.498. The number of aliphatic hydroxyl groups excluding tert-OH is 1. The van der Waals surface area contributed by atoms with E-state index in [1.807, 2.05) is 0 Å². The summed E-state index contributed by atoms with van der Waals surface area (Å²) in [5.41, 5.74) is -0.508. The van der Waals surface area contributed by atoms with Crippen LogP contribution in [0.5, 0.6) is 0 Å². The Morgan fingerprint density at radius 3 is 2.67 bits per heavy atom. The van der Waals surface area contributed by atoms with Gasteiger partial charge in [0.05, 0.1) is 18.2 Å². The largest absolute Gasteiger partial charge is 0.416 e. The molecule has 3 atom stereocenters. The number of amides is 2. The zero-order chi connectivity index (χ0) is 17.9. The molecule has 2 rings (SSSR count). The Balaban J connectivity index is 2.10. The highest BCUT2D eigenvalue weighted by Gasteiger charge is 2.36. The van der Waals surface area contributed by atoms with Gasteiger partial charge in [0.1, 0.15) is 0 Å². The Bertz CT molecular complexity index is 577. The van der Waals surface area contributed by atoms with Gasteiger partial charge in [-0.15, -0.1) is 0 Å². The number of nitrogens with one attached hydrogen (secondary N) is 1. The third kappa shape index (κ3) is 4.01. The highest BCUT2D eigenvalue weighted by molar-refractivity contribution is 5.75. The van der Waals surface area contributed by atoms with Crippen LogP contribution in [0.2, 0.25) is 0 Å². The molecule has 3 unspecified atom stereocenters. The van der Waals surface area contributed by atoms with E-state index in [9.17, 15) is 23.1 Å². The molecular formula is C17H23F3N2O2. The molecule has 1 heterocycles. The maximum Gasteiger partial charge on any atom is 0.416 e. The van der Waals surface area contributed by atoms with E-state index < -0.39 is 23.7 Å². The van der Waals surface area contributed by atoms with E-state index in [0.29, 0.717) is 6.54 Å². The van der Waals surface area contributed by atoms with Crippen molar-refractivity contribution in [1.82, 2.24) is 10.2 Å². The van der Waals surface area contributed by atoms with Crippen LogP contribution in [0.3, 0.4) is 0 Å². The first-order chi connectivity index (χ1) is 11.3. The third-order valence-corrected chi connectivity index (χ3v) is 4.71. The Hall–Kier alpha value is -1.76. The van der Waals surface area contributed by atoms with Crippen molar-refractivity contribution in [1.29, 1.82) is 0 Å². The van der Waals surface area contributed by atoms with Crippen molar-refractivity contribution in [3.05, 3.63) is 35.4 Å². The first-order valence-corrected chi connectivity index (χ1v) is 8.09. The summed E-state index contributed by atoms with van der Waals surface area (Å²) in [7, 11) is 0. The average molecular weight is 344 g/mol. The van der Waals surface area contributed by atoms with Gasteiger partial charge in [0.25, 0.3) is 0 Å². The van der Waals surface area contributed by atoms with Crippen LogP contribution < -0.4 is 5.32 Å². The van der Waals surface area contributed by atoms with Crippen molar-refractivity contribution in [2.45, 2.75) is 50.9 Å². The van der Waals surface area contributed by atoms with Gasteiger partial charge in [-0.1, -0.05) is 25.1 Å². The molecule has 0 radical (unpaired) electrons. The molecule has 1 aromatic carbocycles. The van der Waals surface area contributed by atoms with Crippen molar-refractivity contribution in [3.63, 3.8) is 0 Å². The van der Waals surface area contributed by atoms with Crippen molar-refractivity contribution >= 4 is 6.03 Å². The molecule has 0 aromatic heterocycles. The summed E-state index contributed by atoms with van der Waals surface area (Å²) in [6, 6.07) is 4.41. The number of benzene rings is 1. The Labute approximate surface area is 139 Å². The van der Waals surface area contributed by atoms with Gasteiger partial charge in [0.15, 0.2) is 0 Å². The van der Waals surface area contributed by atoms with E-state index in [0.717, 1.165) is 18.9 Å². The third-order valence-electron chi connectivity index (χ3n) is 4.71. The molecule has 2 amide bonds. The van der Waals surface area contributed by atoms with Gasteiger partial charge in [-0.05, 0) is 31.4 Å². The maximum atomic E-state index is 13.2. The molecule has 1 saturated heterocycles. The monoisotopic (exact) mass is 344 g/mol. The minimum atomic E-state index is -4.43. The fourth-order valence-electron chi connectivity index (χ4n) is 3.12. The number of likely N-dealkylation sites (tertiary alicyclic amines) is 1. The van der Waals surface area contributed by atoms with Crippen molar-refractivity contribution in [3.8, 4) is 0 Å². The zero-order valence-corrected chi connectivity index (χ0v) is 13.8. The predicted octanol–water partition coefficient (Wildman–Crippen LogP) is 3.36. The average Bonchev–Trinajstić information content (AvgIpc) is 3.02. The summed E-state index contributed by atoms with van der Waals surface area (Å²) in [6.07, 6.45) is -2.87. The quantitative estimate of drug-likeness (QED) is 0.880. The van der Waals surface area contributed by atoms with Gasteiger partial charge in [0, 0.05) is 18.5 Å². The number of nitrogens with zero attached hydrogens (tertiary/aromatic N) is 1. The van der Waals surface area contributed by atoms with E-state index in [4.69, 9.17) is 0 Å². The molecule has 0 spiro atoms. The number of hydrogen-bond acceptors (Lipinski definition) is 2. The Morgan fingerprint density at radius 2 is 2.04 bits per heavy atom. The second-order valence-corrected chi connectivity index (χ2v) is 6.28. The molecule has 1 fully saturated rings. The van der Waals surface area contributed by atoms with Crippen LogP contribution in [0.4, 0.5) is 18.0 Å². The van der Waals surface area contributed by atoms with Crippen LogP contribution in [0.25, 0.3) is 0 Å². The summed E-state index contributed by atoms with van der Waals surface area (Å²) >= 11 is 0. The number of aliphatic hydroxyl groups is 1. The van der Waals surface area contributed by atoms with Crippen LogP contribution in [0, 0.1) is 0 Å². The summed E-state index contributed by atoms with van der Waals surface area (Å²) < 4.78 is 39.5. The highest BCUT2D eigenvalue weighted by Crippen LogP contribution is 2.36. The number of carbonyl (C=O) groups excluding carboxylic acids is 1. The second-order valence-electron chi connectivity index (χ2n) is 6.28. The lowest BCUT2D eigenvalue weighted by atomic mass is 9.90. The number of urea groups is 1. The van der Waals surface area contributed by atoms with E-state index in [2.05, 4.69) is 5.32 Å². The normalized spacial score (nSPS) is 20.8. The molecule has 1 aliphatic heterocycles. The molecule has 7 heteroatoms. The minimum absolute atomic E-state index is 0.103. The van der Waals surface area contributed by atoms with Gasteiger partial charge >= 0.3 is 12.2 Å². The zero-order valence-electron chi connectivity index (χ0n) is 13.8. The number of halogens is 3. The topological polar surface area (TPSA) is 52.6 Å².